The number of alkyl halides is 3. The van der Waals surface area contributed by atoms with E-state index < -0.39 is 17.5 Å². The summed E-state index contributed by atoms with van der Waals surface area (Å²) in [6, 6.07) is 0. The van der Waals surface area contributed by atoms with Crippen LogP contribution in [0, 0.1) is 0 Å². The monoisotopic (exact) mass is 345 g/mol. The van der Waals surface area contributed by atoms with E-state index in [2.05, 4.69) is 20.4 Å². The van der Waals surface area contributed by atoms with Gasteiger partial charge in [0.15, 0.2) is 5.60 Å². The number of hydrogen-bond donors (Lipinski definition) is 2. The van der Waals surface area contributed by atoms with Crippen LogP contribution in [-0.4, -0.2) is 52.2 Å². The average molecular weight is 345 g/mol. The first-order valence-electron chi connectivity index (χ1n) is 7.62. The molecular weight excluding hydrogens is 327 g/mol. The van der Waals surface area contributed by atoms with Crippen molar-refractivity contribution in [3.05, 3.63) is 17.7 Å². The average Bonchev–Trinajstić information content (AvgIpc) is 3.14. The van der Waals surface area contributed by atoms with E-state index in [9.17, 15) is 18.0 Å². The Hall–Kier alpha value is -2.10. The summed E-state index contributed by atoms with van der Waals surface area (Å²) in [5.41, 5.74) is -1.09. The molecule has 7 nitrogen and oxygen atoms in total. The normalized spacial score (nSPS) is 24.8. The molecule has 1 atom stereocenters. The van der Waals surface area contributed by atoms with Gasteiger partial charge in [-0.15, -0.1) is 0 Å². The molecule has 1 saturated heterocycles. The number of piperidine rings is 1. The van der Waals surface area contributed by atoms with Crippen LogP contribution in [0.5, 0.6) is 0 Å². The van der Waals surface area contributed by atoms with Crippen molar-refractivity contribution in [1.82, 2.24) is 20.2 Å². The number of halogens is 3. The lowest BCUT2D eigenvalue weighted by atomic mass is 9.88. The third kappa shape index (κ3) is 3.37. The van der Waals surface area contributed by atoms with Crippen molar-refractivity contribution >= 4 is 11.6 Å². The van der Waals surface area contributed by atoms with Crippen LogP contribution >= 0.6 is 0 Å². The van der Waals surface area contributed by atoms with E-state index in [0.717, 1.165) is 25.6 Å². The fraction of sp³-hybridized carbons (Fsp3) is 0.643. The first-order chi connectivity index (χ1) is 11.3. The number of hydrogen-bond acceptors (Lipinski definition) is 5. The van der Waals surface area contributed by atoms with E-state index >= 15 is 0 Å². The van der Waals surface area contributed by atoms with Gasteiger partial charge in [0.25, 0.3) is 5.91 Å². The third-order valence-electron chi connectivity index (χ3n) is 4.25. The number of nitrogens with zero attached hydrogens (tertiary/aromatic N) is 3. The molecule has 132 valence electrons. The fourth-order valence-electron chi connectivity index (χ4n) is 3.13. The Morgan fingerprint density at radius 3 is 3.00 bits per heavy atom. The quantitative estimate of drug-likeness (QED) is 0.865. The third-order valence-corrected chi connectivity index (χ3v) is 4.25. The van der Waals surface area contributed by atoms with Gasteiger partial charge in [0.2, 0.25) is 0 Å². The zero-order valence-electron chi connectivity index (χ0n) is 13.1. The minimum atomic E-state index is -4.43. The molecule has 1 aromatic heterocycles. The standard InChI is InChI=1S/C14H18F3N5O2/c1-18-12(23)9-5-13(24-21-9)3-2-4-22(8-13)7-11-19-6-10(20-11)14(15,16)17/h6H,2-5,7-8H2,1H3,(H,18,23)(H,19,20). The molecule has 1 unspecified atom stereocenters. The maximum absolute atomic E-state index is 12.6. The van der Waals surface area contributed by atoms with Crippen LogP contribution in [0.25, 0.3) is 0 Å². The number of oxime groups is 1. The molecule has 0 saturated carbocycles. The molecular formula is C14H18F3N5O2. The Kier molecular flexibility index (Phi) is 4.24. The highest BCUT2D eigenvalue weighted by Gasteiger charge is 2.44. The molecule has 0 aliphatic carbocycles. The Morgan fingerprint density at radius 2 is 2.33 bits per heavy atom. The molecule has 10 heteroatoms. The predicted octanol–water partition coefficient (Wildman–Crippen LogP) is 1.29. The van der Waals surface area contributed by atoms with Crippen LogP contribution < -0.4 is 5.32 Å². The number of carbonyl (C=O) groups is 1. The zero-order chi connectivity index (χ0) is 17.4. The van der Waals surface area contributed by atoms with E-state index in [1.165, 1.54) is 7.05 Å². The molecule has 1 fully saturated rings. The van der Waals surface area contributed by atoms with Gasteiger partial charge in [-0.3, -0.25) is 9.69 Å². The maximum atomic E-state index is 12.6. The van der Waals surface area contributed by atoms with Crippen LogP contribution in [0.4, 0.5) is 13.2 Å². The fourth-order valence-corrected chi connectivity index (χ4v) is 3.13. The number of carbonyl (C=O) groups excluding carboxylic acids is 1. The van der Waals surface area contributed by atoms with Crippen molar-refractivity contribution in [2.24, 2.45) is 5.16 Å². The van der Waals surface area contributed by atoms with Crippen molar-refractivity contribution in [3.8, 4) is 0 Å². The van der Waals surface area contributed by atoms with Crippen molar-refractivity contribution in [2.75, 3.05) is 20.1 Å². The minimum Gasteiger partial charge on any atom is -0.387 e. The first-order valence-corrected chi connectivity index (χ1v) is 7.62. The molecule has 1 aromatic rings. The van der Waals surface area contributed by atoms with Crippen LogP contribution in [0.2, 0.25) is 0 Å². The summed E-state index contributed by atoms with van der Waals surface area (Å²) in [7, 11) is 1.53. The summed E-state index contributed by atoms with van der Waals surface area (Å²) >= 11 is 0. The van der Waals surface area contributed by atoms with E-state index in [1.54, 1.807) is 0 Å². The Balaban J connectivity index is 1.63. The van der Waals surface area contributed by atoms with Gasteiger partial charge in [-0.25, -0.2) is 4.98 Å². The smallest absolute Gasteiger partial charge is 0.387 e. The van der Waals surface area contributed by atoms with Crippen LogP contribution in [0.15, 0.2) is 11.4 Å². The summed E-state index contributed by atoms with van der Waals surface area (Å²) in [4.78, 5) is 25.2. The molecule has 3 heterocycles. The molecule has 2 aliphatic rings. The minimum absolute atomic E-state index is 0.254. The van der Waals surface area contributed by atoms with E-state index in [1.807, 2.05) is 4.90 Å². The summed E-state index contributed by atoms with van der Waals surface area (Å²) < 4.78 is 37.8. The number of imidazole rings is 1. The molecule has 0 bridgehead atoms. The molecule has 2 N–H and O–H groups in total. The number of rotatable bonds is 3. The predicted molar refractivity (Wildman–Crippen MR) is 78.0 cm³/mol. The summed E-state index contributed by atoms with van der Waals surface area (Å²) in [5.74, 6) is -0.0188. The lowest BCUT2D eigenvalue weighted by Gasteiger charge is -2.37. The molecule has 1 amide bonds. The largest absolute Gasteiger partial charge is 0.432 e. The van der Waals surface area contributed by atoms with Crippen LogP contribution in [-0.2, 0) is 22.4 Å². The number of aromatic amines is 1. The van der Waals surface area contributed by atoms with E-state index in [0.29, 0.717) is 18.7 Å². The van der Waals surface area contributed by atoms with Crippen LogP contribution in [0.3, 0.4) is 0 Å². The number of H-pyrrole nitrogens is 1. The number of amides is 1. The Bertz CT molecular complexity index is 657. The molecule has 0 aromatic carbocycles. The zero-order valence-corrected chi connectivity index (χ0v) is 13.1. The molecule has 2 aliphatic heterocycles. The second-order valence-corrected chi connectivity index (χ2v) is 6.12. The van der Waals surface area contributed by atoms with Gasteiger partial charge in [-0.05, 0) is 19.4 Å². The highest BCUT2D eigenvalue weighted by atomic mass is 19.4. The first kappa shape index (κ1) is 16.7. The Morgan fingerprint density at radius 1 is 1.54 bits per heavy atom. The molecule has 24 heavy (non-hydrogen) atoms. The molecule has 3 rings (SSSR count). The molecule has 1 spiro atoms. The SMILES string of the molecule is CNC(=O)C1=NOC2(CCCN(Cc3ncc(C(F)(F)F)[nH]3)C2)C1. The van der Waals surface area contributed by atoms with Gasteiger partial charge in [-0.1, -0.05) is 5.16 Å². The van der Waals surface area contributed by atoms with Gasteiger partial charge in [-0.2, -0.15) is 13.2 Å². The van der Waals surface area contributed by atoms with Crippen LogP contribution in [0.1, 0.15) is 30.8 Å². The van der Waals surface area contributed by atoms with Gasteiger partial charge in [0, 0.05) is 20.0 Å². The lowest BCUT2D eigenvalue weighted by molar-refractivity contribution is -0.141. The summed E-state index contributed by atoms with van der Waals surface area (Å²) in [6.45, 7) is 1.47. The number of likely N-dealkylation sites (tertiary alicyclic amines) is 1. The van der Waals surface area contributed by atoms with Gasteiger partial charge in [0.05, 0.1) is 12.7 Å². The number of aromatic nitrogens is 2. The van der Waals surface area contributed by atoms with Gasteiger partial charge >= 0.3 is 6.18 Å². The maximum Gasteiger partial charge on any atom is 0.432 e. The van der Waals surface area contributed by atoms with Gasteiger partial charge < -0.3 is 15.1 Å². The molecule has 0 radical (unpaired) electrons. The van der Waals surface area contributed by atoms with Crippen molar-refractivity contribution in [3.63, 3.8) is 0 Å². The van der Waals surface area contributed by atoms with E-state index in [4.69, 9.17) is 4.84 Å². The summed E-state index contributed by atoms with van der Waals surface area (Å²) in [6.07, 6.45) is -1.68. The van der Waals surface area contributed by atoms with E-state index in [-0.39, 0.29) is 18.3 Å². The lowest BCUT2D eigenvalue weighted by Crippen LogP contribution is -2.48. The second-order valence-electron chi connectivity index (χ2n) is 6.12. The van der Waals surface area contributed by atoms with Crippen molar-refractivity contribution in [2.45, 2.75) is 37.6 Å². The highest BCUT2D eigenvalue weighted by molar-refractivity contribution is 6.39. The second kappa shape index (κ2) is 6.08. The Labute approximate surface area is 136 Å². The van der Waals surface area contributed by atoms with Crippen molar-refractivity contribution < 1.29 is 22.8 Å². The topological polar surface area (TPSA) is 82.6 Å². The van der Waals surface area contributed by atoms with Gasteiger partial charge in [0.1, 0.15) is 17.2 Å². The number of nitrogens with one attached hydrogen (secondary N) is 2. The van der Waals surface area contributed by atoms with Crippen molar-refractivity contribution in [1.29, 1.82) is 0 Å². The summed E-state index contributed by atoms with van der Waals surface area (Å²) in [5, 5.41) is 6.38. The highest BCUT2D eigenvalue weighted by Crippen LogP contribution is 2.34.